The van der Waals surface area contributed by atoms with Crippen LogP contribution in [0.1, 0.15) is 23.8 Å². The number of nitrogens with one attached hydrogen (secondary N) is 1. The third kappa shape index (κ3) is 3.38. The number of hydrogen-bond acceptors (Lipinski definition) is 2. The smallest absolute Gasteiger partial charge is 0.272 e. The number of anilines is 2. The van der Waals surface area contributed by atoms with Crippen molar-refractivity contribution in [2.45, 2.75) is 19.9 Å². The highest BCUT2D eigenvalue weighted by atomic mass is 79.9. The molecule has 0 atom stereocenters. The molecule has 1 heterocycles. The van der Waals surface area contributed by atoms with Gasteiger partial charge >= 0.3 is 0 Å². The maximum atomic E-state index is 12.2. The number of nitrogen functional groups attached to an aromatic ring is 1. The quantitative estimate of drug-likeness (QED) is 0.905. The van der Waals surface area contributed by atoms with Crippen molar-refractivity contribution in [2.75, 3.05) is 11.1 Å². The van der Waals surface area contributed by atoms with Gasteiger partial charge in [0.1, 0.15) is 5.69 Å². The van der Waals surface area contributed by atoms with Crippen LogP contribution in [0.15, 0.2) is 41.0 Å². The Morgan fingerprint density at radius 1 is 1.37 bits per heavy atom. The van der Waals surface area contributed by atoms with Gasteiger partial charge in [-0.15, -0.1) is 0 Å². The number of rotatable bonds is 4. The summed E-state index contributed by atoms with van der Waals surface area (Å²) in [7, 11) is 0. The average molecular weight is 322 g/mol. The highest BCUT2D eigenvalue weighted by molar-refractivity contribution is 9.10. The number of nitrogens with zero attached hydrogens (tertiary/aromatic N) is 1. The summed E-state index contributed by atoms with van der Waals surface area (Å²) in [5.41, 5.74) is 7.71. The van der Waals surface area contributed by atoms with Gasteiger partial charge in [0.05, 0.1) is 5.69 Å². The van der Waals surface area contributed by atoms with E-state index in [-0.39, 0.29) is 5.91 Å². The van der Waals surface area contributed by atoms with Gasteiger partial charge in [0, 0.05) is 22.9 Å². The fraction of sp³-hybridized carbons (Fsp3) is 0.214. The Balaban J connectivity index is 2.17. The van der Waals surface area contributed by atoms with Crippen LogP contribution in [0.5, 0.6) is 0 Å². The summed E-state index contributed by atoms with van der Waals surface area (Å²) in [5.74, 6) is -0.146. The first-order valence-electron chi connectivity index (χ1n) is 6.12. The Morgan fingerprint density at radius 3 is 2.68 bits per heavy atom. The van der Waals surface area contributed by atoms with Gasteiger partial charge < -0.3 is 15.6 Å². The van der Waals surface area contributed by atoms with Crippen molar-refractivity contribution in [2.24, 2.45) is 0 Å². The molecule has 0 saturated heterocycles. The van der Waals surface area contributed by atoms with E-state index in [1.165, 1.54) is 0 Å². The van der Waals surface area contributed by atoms with E-state index >= 15 is 0 Å². The van der Waals surface area contributed by atoms with E-state index in [1.54, 1.807) is 12.3 Å². The summed E-state index contributed by atoms with van der Waals surface area (Å²) in [4.78, 5) is 12.2. The summed E-state index contributed by atoms with van der Waals surface area (Å²) < 4.78 is 2.85. The number of aromatic nitrogens is 1. The Kier molecular flexibility index (Phi) is 4.27. The van der Waals surface area contributed by atoms with Gasteiger partial charge in [0.25, 0.3) is 5.91 Å². The lowest BCUT2D eigenvalue weighted by Gasteiger charge is -2.08. The maximum absolute atomic E-state index is 12.2. The van der Waals surface area contributed by atoms with Gasteiger partial charge in [-0.2, -0.15) is 0 Å². The second-order valence-corrected chi connectivity index (χ2v) is 5.23. The summed E-state index contributed by atoms with van der Waals surface area (Å²) in [6.07, 6.45) is 2.74. The molecule has 0 unspecified atom stereocenters. The van der Waals surface area contributed by atoms with E-state index in [0.717, 1.165) is 23.1 Å². The summed E-state index contributed by atoms with van der Waals surface area (Å²) in [5, 5.41) is 2.86. The zero-order valence-electron chi connectivity index (χ0n) is 10.7. The number of nitrogens with two attached hydrogens (primary N) is 1. The number of carbonyl (C=O) groups excluding carboxylic acids is 1. The molecule has 2 rings (SSSR count). The molecule has 0 aliphatic rings. The molecule has 5 heteroatoms. The number of halogens is 1. The molecular weight excluding hydrogens is 306 g/mol. The second-order valence-electron chi connectivity index (χ2n) is 4.31. The molecule has 1 amide bonds. The minimum Gasteiger partial charge on any atom is -0.397 e. The fourth-order valence-corrected chi connectivity index (χ4v) is 2.14. The predicted molar refractivity (Wildman–Crippen MR) is 81.2 cm³/mol. The lowest BCUT2D eigenvalue weighted by Crippen LogP contribution is -2.16. The third-order valence-corrected chi connectivity index (χ3v) is 3.25. The minimum atomic E-state index is -0.146. The van der Waals surface area contributed by atoms with Crippen LogP contribution in [0.3, 0.4) is 0 Å². The molecule has 0 spiro atoms. The van der Waals surface area contributed by atoms with E-state index in [1.807, 2.05) is 28.8 Å². The molecule has 0 saturated carbocycles. The van der Waals surface area contributed by atoms with Gasteiger partial charge in [-0.05, 0) is 36.8 Å². The van der Waals surface area contributed by atoms with Crippen LogP contribution in [0.2, 0.25) is 0 Å². The van der Waals surface area contributed by atoms with Crippen molar-refractivity contribution in [3.63, 3.8) is 0 Å². The van der Waals surface area contributed by atoms with E-state index < -0.39 is 0 Å². The molecule has 0 fully saturated rings. The van der Waals surface area contributed by atoms with Gasteiger partial charge in [0.15, 0.2) is 0 Å². The molecule has 0 aliphatic heterocycles. The Morgan fingerprint density at radius 2 is 2.05 bits per heavy atom. The van der Waals surface area contributed by atoms with E-state index in [0.29, 0.717) is 11.4 Å². The Labute approximate surface area is 120 Å². The fourth-order valence-electron chi connectivity index (χ4n) is 1.88. The van der Waals surface area contributed by atoms with Crippen LogP contribution in [-0.2, 0) is 6.54 Å². The second kappa shape index (κ2) is 5.93. The lowest BCUT2D eigenvalue weighted by molar-refractivity contribution is 0.101. The monoisotopic (exact) mass is 321 g/mol. The molecule has 100 valence electrons. The largest absolute Gasteiger partial charge is 0.397 e. The average Bonchev–Trinajstić information content (AvgIpc) is 2.74. The van der Waals surface area contributed by atoms with Gasteiger partial charge in [-0.1, -0.05) is 22.9 Å². The van der Waals surface area contributed by atoms with Crippen LogP contribution in [0.4, 0.5) is 11.4 Å². The SMILES string of the molecule is CCCn1cc(N)cc1C(=O)Nc1ccc(Br)cc1. The van der Waals surface area contributed by atoms with Crippen molar-refractivity contribution in [1.82, 2.24) is 4.57 Å². The summed E-state index contributed by atoms with van der Waals surface area (Å²) in [6, 6.07) is 9.16. The van der Waals surface area contributed by atoms with E-state index in [4.69, 9.17) is 5.73 Å². The highest BCUT2D eigenvalue weighted by Crippen LogP contribution is 2.17. The molecule has 0 radical (unpaired) electrons. The zero-order valence-corrected chi connectivity index (χ0v) is 12.3. The number of benzene rings is 1. The Hall–Kier alpha value is -1.75. The molecule has 1 aromatic carbocycles. The molecule has 4 nitrogen and oxygen atoms in total. The van der Waals surface area contributed by atoms with Crippen LogP contribution in [0.25, 0.3) is 0 Å². The minimum absolute atomic E-state index is 0.146. The van der Waals surface area contributed by atoms with Crippen LogP contribution in [-0.4, -0.2) is 10.5 Å². The standard InChI is InChI=1S/C14H16BrN3O/c1-2-7-18-9-11(16)8-13(18)14(19)17-12-5-3-10(15)4-6-12/h3-6,8-9H,2,7,16H2,1H3,(H,17,19). The van der Waals surface area contributed by atoms with E-state index in [9.17, 15) is 4.79 Å². The molecule has 1 aromatic heterocycles. The summed E-state index contributed by atoms with van der Waals surface area (Å²) >= 11 is 3.36. The molecular formula is C14H16BrN3O. The van der Waals surface area contributed by atoms with Gasteiger partial charge in [-0.3, -0.25) is 4.79 Å². The topological polar surface area (TPSA) is 60.0 Å². The number of aryl methyl sites for hydroxylation is 1. The normalized spacial score (nSPS) is 10.4. The third-order valence-electron chi connectivity index (χ3n) is 2.72. The number of carbonyl (C=O) groups is 1. The predicted octanol–water partition coefficient (Wildman–Crippen LogP) is 3.50. The summed E-state index contributed by atoms with van der Waals surface area (Å²) in [6.45, 7) is 2.84. The number of amides is 1. The lowest BCUT2D eigenvalue weighted by atomic mass is 10.3. The highest BCUT2D eigenvalue weighted by Gasteiger charge is 2.12. The maximum Gasteiger partial charge on any atom is 0.272 e. The van der Waals surface area contributed by atoms with Gasteiger partial charge in [-0.25, -0.2) is 0 Å². The van der Waals surface area contributed by atoms with E-state index in [2.05, 4.69) is 28.2 Å². The Bertz CT molecular complexity index is 575. The van der Waals surface area contributed by atoms with Crippen molar-refractivity contribution in [1.29, 1.82) is 0 Å². The first-order chi connectivity index (χ1) is 9.10. The molecule has 0 aliphatic carbocycles. The molecule has 3 N–H and O–H groups in total. The first kappa shape index (κ1) is 13.7. The van der Waals surface area contributed by atoms with Crippen LogP contribution < -0.4 is 11.1 Å². The molecule has 2 aromatic rings. The zero-order chi connectivity index (χ0) is 13.8. The van der Waals surface area contributed by atoms with Crippen LogP contribution in [0, 0.1) is 0 Å². The van der Waals surface area contributed by atoms with Crippen LogP contribution >= 0.6 is 15.9 Å². The molecule has 19 heavy (non-hydrogen) atoms. The number of hydrogen-bond donors (Lipinski definition) is 2. The van der Waals surface area contributed by atoms with Crippen molar-refractivity contribution < 1.29 is 4.79 Å². The molecule has 0 bridgehead atoms. The van der Waals surface area contributed by atoms with Crippen molar-refractivity contribution >= 4 is 33.2 Å². The first-order valence-corrected chi connectivity index (χ1v) is 6.92. The van der Waals surface area contributed by atoms with Crippen molar-refractivity contribution in [3.05, 3.63) is 46.7 Å². The van der Waals surface area contributed by atoms with Gasteiger partial charge in [0.2, 0.25) is 0 Å². The van der Waals surface area contributed by atoms with Crippen molar-refractivity contribution in [3.8, 4) is 0 Å².